The first-order valence-corrected chi connectivity index (χ1v) is 6.83. The quantitative estimate of drug-likeness (QED) is 0.520. The highest BCUT2D eigenvalue weighted by atomic mass is 19.4. The summed E-state index contributed by atoms with van der Waals surface area (Å²) >= 11 is 0. The molecule has 0 aliphatic rings. The van der Waals surface area contributed by atoms with Crippen molar-refractivity contribution in [1.82, 2.24) is 0 Å². The number of methoxy groups -OCH3 is 3. The molecule has 0 aromatic rings. The summed E-state index contributed by atoms with van der Waals surface area (Å²) in [7, 11) is 5.88. The molecule has 1 atom stereocenters. The Hall–Kier alpha value is -1.27. The van der Waals surface area contributed by atoms with Crippen LogP contribution in [0.25, 0.3) is 0 Å². The summed E-state index contributed by atoms with van der Waals surface area (Å²) < 4.78 is 52.2. The molecule has 0 spiro atoms. The van der Waals surface area contributed by atoms with Crippen LogP contribution < -0.4 is 0 Å². The zero-order chi connectivity index (χ0) is 18.2. The van der Waals surface area contributed by atoms with E-state index in [1.54, 1.807) is 21.1 Å². The van der Waals surface area contributed by atoms with Crippen molar-refractivity contribution in [3.63, 3.8) is 0 Å². The number of ether oxygens (including phenoxy) is 3. The van der Waals surface area contributed by atoms with Crippen LogP contribution in [0.5, 0.6) is 0 Å². The Morgan fingerprint density at radius 2 is 1.59 bits per heavy atom. The van der Waals surface area contributed by atoms with Gasteiger partial charge >= 0.3 is 6.18 Å². The molecule has 0 N–H and O–H groups in total. The van der Waals surface area contributed by atoms with E-state index < -0.39 is 11.7 Å². The van der Waals surface area contributed by atoms with E-state index in [0.717, 1.165) is 6.08 Å². The molecular formula is C16H29F3O3. The van der Waals surface area contributed by atoms with E-state index in [2.05, 4.69) is 11.3 Å². The van der Waals surface area contributed by atoms with Crippen molar-refractivity contribution < 1.29 is 27.4 Å². The van der Waals surface area contributed by atoms with Gasteiger partial charge in [-0.1, -0.05) is 39.5 Å². The summed E-state index contributed by atoms with van der Waals surface area (Å²) in [5.74, 6) is -0.615. The largest absolute Gasteiger partial charge is 0.496 e. The van der Waals surface area contributed by atoms with Crippen molar-refractivity contribution >= 4 is 0 Å². The van der Waals surface area contributed by atoms with Gasteiger partial charge < -0.3 is 14.2 Å². The molecule has 0 bridgehead atoms. The molecule has 0 saturated carbocycles. The average Bonchev–Trinajstić information content (AvgIpc) is 2.45. The summed E-state index contributed by atoms with van der Waals surface area (Å²) in [6.45, 7) is 9.20. The second-order valence-corrected chi connectivity index (χ2v) is 3.89. The highest BCUT2D eigenvalue weighted by Crippen LogP contribution is 2.32. The maximum Gasteiger partial charge on any atom is 0.419 e. The second-order valence-electron chi connectivity index (χ2n) is 3.89. The smallest absolute Gasteiger partial charge is 0.419 e. The molecule has 6 heteroatoms. The van der Waals surface area contributed by atoms with Gasteiger partial charge in [0.2, 0.25) is 0 Å². The van der Waals surface area contributed by atoms with Crippen LogP contribution in [-0.4, -0.2) is 41.2 Å². The minimum absolute atomic E-state index is 0.213. The first-order valence-electron chi connectivity index (χ1n) is 6.83. The van der Waals surface area contributed by atoms with Gasteiger partial charge in [0.15, 0.2) is 0 Å². The van der Waals surface area contributed by atoms with E-state index in [1.165, 1.54) is 26.4 Å². The number of alkyl halides is 3. The molecule has 0 aromatic carbocycles. The molecule has 0 saturated heterocycles. The van der Waals surface area contributed by atoms with Crippen molar-refractivity contribution in [1.29, 1.82) is 0 Å². The lowest BCUT2D eigenvalue weighted by atomic mass is 10.1. The van der Waals surface area contributed by atoms with E-state index in [0.29, 0.717) is 0 Å². The van der Waals surface area contributed by atoms with Gasteiger partial charge in [-0.25, -0.2) is 0 Å². The van der Waals surface area contributed by atoms with Gasteiger partial charge in [-0.05, 0) is 12.0 Å². The van der Waals surface area contributed by atoms with E-state index >= 15 is 0 Å². The summed E-state index contributed by atoms with van der Waals surface area (Å²) in [6.07, 6.45) is -0.951. The monoisotopic (exact) mass is 326 g/mol. The molecule has 0 heterocycles. The number of hydrogen-bond acceptors (Lipinski definition) is 3. The third kappa shape index (κ3) is 13.7. The van der Waals surface area contributed by atoms with Crippen LogP contribution in [-0.2, 0) is 14.2 Å². The fourth-order valence-corrected chi connectivity index (χ4v) is 1.29. The Kier molecular flexibility index (Phi) is 18.8. The maximum atomic E-state index is 12.8. The minimum Gasteiger partial charge on any atom is -0.496 e. The Bertz CT molecular complexity index is 321. The van der Waals surface area contributed by atoms with Crippen LogP contribution in [0.1, 0.15) is 20.8 Å². The molecule has 0 amide bonds. The zero-order valence-corrected chi connectivity index (χ0v) is 14.6. The van der Waals surface area contributed by atoms with Crippen LogP contribution in [0.2, 0.25) is 0 Å². The second kappa shape index (κ2) is 16.1. The SMILES string of the molecule is C=C/C=C(OC)\C(=C/C(C)COC)C(F)(F)F.CC.COC. The molecule has 0 aromatic heterocycles. The third-order valence-electron chi connectivity index (χ3n) is 1.94. The predicted octanol–water partition coefficient (Wildman–Crippen LogP) is 4.76. The standard InChI is InChI=1S/C12H17F3O2.C2H6O.C2H6/c1-5-6-11(17-4)10(12(13,14)15)7-9(2)8-16-3;1-3-2;1-2/h5-7,9H,1,8H2,2-4H3;1-2H3;1-2H3/b10-7+,11-6+;;. The molecule has 0 rings (SSSR count). The Labute approximate surface area is 132 Å². The van der Waals surface area contributed by atoms with Crippen molar-refractivity contribution in [2.24, 2.45) is 5.92 Å². The summed E-state index contributed by atoms with van der Waals surface area (Å²) in [6, 6.07) is 0. The van der Waals surface area contributed by atoms with Gasteiger partial charge in [0.05, 0.1) is 19.3 Å². The molecule has 0 radical (unpaired) electrons. The van der Waals surface area contributed by atoms with Crippen molar-refractivity contribution in [2.45, 2.75) is 26.9 Å². The van der Waals surface area contributed by atoms with Crippen LogP contribution in [0.15, 0.2) is 36.1 Å². The average molecular weight is 326 g/mol. The lowest BCUT2D eigenvalue weighted by Gasteiger charge is -2.16. The maximum absolute atomic E-state index is 12.8. The van der Waals surface area contributed by atoms with Crippen molar-refractivity contribution in [3.05, 3.63) is 36.1 Å². The van der Waals surface area contributed by atoms with E-state index in [1.807, 2.05) is 13.8 Å². The number of hydrogen-bond donors (Lipinski definition) is 0. The van der Waals surface area contributed by atoms with E-state index in [-0.39, 0.29) is 18.3 Å². The normalized spacial score (nSPS) is 13.2. The molecule has 0 aliphatic carbocycles. The predicted molar refractivity (Wildman–Crippen MR) is 84.7 cm³/mol. The fourth-order valence-electron chi connectivity index (χ4n) is 1.29. The van der Waals surface area contributed by atoms with Crippen LogP contribution in [0, 0.1) is 5.92 Å². The van der Waals surface area contributed by atoms with Gasteiger partial charge in [-0.2, -0.15) is 13.2 Å². The topological polar surface area (TPSA) is 27.7 Å². The zero-order valence-electron chi connectivity index (χ0n) is 14.6. The van der Waals surface area contributed by atoms with Gasteiger partial charge in [0.25, 0.3) is 0 Å². The highest BCUT2D eigenvalue weighted by molar-refractivity contribution is 5.33. The minimum atomic E-state index is -4.47. The number of allylic oxidation sites excluding steroid dienone is 3. The van der Waals surface area contributed by atoms with Gasteiger partial charge in [-0.3, -0.25) is 0 Å². The molecular weight excluding hydrogens is 297 g/mol. The molecule has 0 fully saturated rings. The summed E-state index contributed by atoms with van der Waals surface area (Å²) in [5.41, 5.74) is -0.815. The van der Waals surface area contributed by atoms with Crippen LogP contribution in [0.3, 0.4) is 0 Å². The van der Waals surface area contributed by atoms with Gasteiger partial charge in [0.1, 0.15) is 5.76 Å². The highest BCUT2D eigenvalue weighted by Gasteiger charge is 2.36. The first kappa shape index (κ1) is 25.7. The van der Waals surface area contributed by atoms with Gasteiger partial charge in [0, 0.05) is 21.3 Å². The third-order valence-corrected chi connectivity index (χ3v) is 1.94. The fraction of sp³-hybridized carbons (Fsp3) is 0.625. The van der Waals surface area contributed by atoms with Crippen LogP contribution in [0.4, 0.5) is 13.2 Å². The molecule has 132 valence electrons. The molecule has 22 heavy (non-hydrogen) atoms. The Morgan fingerprint density at radius 1 is 1.14 bits per heavy atom. The summed E-state index contributed by atoms with van der Waals surface area (Å²) in [5, 5.41) is 0. The van der Waals surface area contributed by atoms with E-state index in [9.17, 15) is 13.2 Å². The van der Waals surface area contributed by atoms with Crippen molar-refractivity contribution in [3.8, 4) is 0 Å². The molecule has 1 unspecified atom stereocenters. The van der Waals surface area contributed by atoms with Gasteiger partial charge in [-0.15, -0.1) is 0 Å². The lowest BCUT2D eigenvalue weighted by Crippen LogP contribution is -2.17. The van der Waals surface area contributed by atoms with Crippen molar-refractivity contribution in [2.75, 3.05) is 35.0 Å². The molecule has 0 aliphatic heterocycles. The van der Waals surface area contributed by atoms with Crippen LogP contribution >= 0.6 is 0 Å². The summed E-state index contributed by atoms with van der Waals surface area (Å²) in [4.78, 5) is 0. The molecule has 3 nitrogen and oxygen atoms in total. The number of rotatable bonds is 6. The Balaban J connectivity index is -0.000000637. The number of halogens is 3. The first-order chi connectivity index (χ1) is 10.3. The lowest BCUT2D eigenvalue weighted by molar-refractivity contribution is -0.0938. The van der Waals surface area contributed by atoms with E-state index in [4.69, 9.17) is 9.47 Å². The Morgan fingerprint density at radius 3 is 1.86 bits per heavy atom.